The SMILES string of the molecule is Cc1cc(Cc2cc(C)cc(C3CCCCC3)c2O)c(O)c(C2CCCCC2)c1.Cc1cc(O)c(C(C)(C)C)cc1Sc1cc(C(C)(C)C)c(O)cc1C. The Morgan fingerprint density at radius 2 is 0.852 bits per heavy atom. The molecule has 2 saturated carbocycles. The molecule has 4 aromatic carbocycles. The average Bonchev–Trinajstić information content (AvgIpc) is 3.09. The molecule has 0 aromatic heterocycles. The number of hydrogen-bond donors (Lipinski definition) is 4. The number of benzene rings is 4. The fourth-order valence-corrected chi connectivity index (χ4v) is 9.61. The summed E-state index contributed by atoms with van der Waals surface area (Å²) >= 11 is 1.70. The van der Waals surface area contributed by atoms with E-state index in [1.54, 1.807) is 11.8 Å². The molecule has 0 amide bonds. The summed E-state index contributed by atoms with van der Waals surface area (Å²) in [4.78, 5) is 2.27. The summed E-state index contributed by atoms with van der Waals surface area (Å²) in [7, 11) is 0. The van der Waals surface area contributed by atoms with E-state index in [1.807, 2.05) is 26.0 Å². The molecule has 2 aliphatic rings. The molecule has 5 heteroatoms. The maximum atomic E-state index is 11.1. The van der Waals surface area contributed by atoms with Gasteiger partial charge < -0.3 is 20.4 Å². The van der Waals surface area contributed by atoms with Crippen LogP contribution in [0.4, 0.5) is 0 Å². The lowest BCUT2D eigenvalue weighted by Crippen LogP contribution is -2.12. The molecule has 292 valence electrons. The van der Waals surface area contributed by atoms with Crippen LogP contribution < -0.4 is 0 Å². The van der Waals surface area contributed by atoms with Gasteiger partial charge in [0.2, 0.25) is 0 Å². The summed E-state index contributed by atoms with van der Waals surface area (Å²) in [6, 6.07) is 16.5. The molecule has 4 aromatic rings. The third-order valence-corrected chi connectivity index (χ3v) is 12.9. The van der Waals surface area contributed by atoms with Gasteiger partial charge in [-0.05, 0) is 134 Å². The fraction of sp³-hybridized carbons (Fsp3) is 0.510. The number of aryl methyl sites for hydroxylation is 4. The van der Waals surface area contributed by atoms with Crippen LogP contribution in [-0.2, 0) is 17.3 Å². The number of rotatable bonds is 6. The molecule has 0 bridgehead atoms. The first kappa shape index (κ1) is 41.6. The van der Waals surface area contributed by atoms with Gasteiger partial charge in [0, 0.05) is 27.3 Å². The lowest BCUT2D eigenvalue weighted by Gasteiger charge is -2.25. The molecule has 0 heterocycles. The summed E-state index contributed by atoms with van der Waals surface area (Å²) in [5.74, 6) is 2.59. The van der Waals surface area contributed by atoms with Crippen molar-refractivity contribution in [1.82, 2.24) is 0 Å². The standard InChI is InChI=1S/C27H36O2.C22H30O2S/c1-18-13-22(26(28)24(15-18)20-9-5-3-6-10-20)17-23-14-19(2)16-25(27(23)29)21-11-7-4-8-12-21;1-13-9-17(23)15(21(3,4)5)11-19(13)25-20-12-16(22(6,7)8)18(24)10-14(20)2/h13-16,20-21,28-29H,3-12,17H2,1-2H3;9-12,23-24H,1-8H3. The second-order valence-corrected chi connectivity index (χ2v) is 19.5. The van der Waals surface area contributed by atoms with E-state index in [2.05, 4.69) is 91.8 Å². The van der Waals surface area contributed by atoms with Crippen LogP contribution in [0.2, 0.25) is 0 Å². The topological polar surface area (TPSA) is 80.9 Å². The minimum atomic E-state index is -0.117. The second-order valence-electron chi connectivity index (χ2n) is 18.4. The predicted octanol–water partition coefficient (Wildman–Crippen LogP) is 13.9. The van der Waals surface area contributed by atoms with Crippen molar-refractivity contribution in [2.75, 3.05) is 0 Å². The number of hydrogen-bond acceptors (Lipinski definition) is 5. The van der Waals surface area contributed by atoms with E-state index in [0.29, 0.717) is 41.3 Å². The molecule has 2 aliphatic carbocycles. The zero-order valence-corrected chi connectivity index (χ0v) is 35.6. The van der Waals surface area contributed by atoms with Gasteiger partial charge in [0.1, 0.15) is 23.0 Å². The highest BCUT2D eigenvalue weighted by atomic mass is 32.2. The van der Waals surface area contributed by atoms with Crippen LogP contribution in [0.15, 0.2) is 58.3 Å². The van der Waals surface area contributed by atoms with Crippen LogP contribution in [0.25, 0.3) is 0 Å². The molecular weight excluding hydrogens is 685 g/mol. The normalized spacial score (nSPS) is 15.9. The van der Waals surface area contributed by atoms with Crippen LogP contribution in [0.3, 0.4) is 0 Å². The van der Waals surface area contributed by atoms with E-state index in [1.165, 1.54) is 75.3 Å². The molecule has 0 saturated heterocycles. The largest absolute Gasteiger partial charge is 0.508 e. The Morgan fingerprint density at radius 3 is 1.19 bits per heavy atom. The van der Waals surface area contributed by atoms with Crippen molar-refractivity contribution in [2.24, 2.45) is 0 Å². The molecule has 0 unspecified atom stereocenters. The Kier molecular flexibility index (Phi) is 13.1. The Bertz CT molecular complexity index is 1790. The molecule has 0 spiro atoms. The first-order valence-electron chi connectivity index (χ1n) is 20.3. The smallest absolute Gasteiger partial charge is 0.122 e. The van der Waals surface area contributed by atoms with Crippen LogP contribution in [0.1, 0.15) is 173 Å². The van der Waals surface area contributed by atoms with Gasteiger partial charge in [0.05, 0.1) is 0 Å². The van der Waals surface area contributed by atoms with Gasteiger partial charge in [-0.2, -0.15) is 0 Å². The second kappa shape index (κ2) is 17.1. The van der Waals surface area contributed by atoms with E-state index >= 15 is 0 Å². The van der Waals surface area contributed by atoms with Crippen LogP contribution >= 0.6 is 11.8 Å². The predicted molar refractivity (Wildman–Crippen MR) is 227 cm³/mol. The summed E-state index contributed by atoms with van der Waals surface area (Å²) in [6.07, 6.45) is 13.0. The Labute approximate surface area is 330 Å². The minimum Gasteiger partial charge on any atom is -0.508 e. The summed E-state index contributed by atoms with van der Waals surface area (Å²) in [6.45, 7) is 20.9. The van der Waals surface area contributed by atoms with Gasteiger partial charge in [-0.3, -0.25) is 0 Å². The molecule has 54 heavy (non-hydrogen) atoms. The third kappa shape index (κ3) is 9.99. The lowest BCUT2D eigenvalue weighted by molar-refractivity contribution is 0.408. The van der Waals surface area contributed by atoms with Crippen molar-refractivity contribution < 1.29 is 20.4 Å². The van der Waals surface area contributed by atoms with Gasteiger partial charge in [-0.25, -0.2) is 0 Å². The highest BCUT2D eigenvalue weighted by molar-refractivity contribution is 7.99. The van der Waals surface area contributed by atoms with Crippen LogP contribution in [0.5, 0.6) is 23.0 Å². The molecule has 6 rings (SSSR count). The zero-order chi connectivity index (χ0) is 39.5. The number of phenolic OH excluding ortho intramolecular Hbond substituents is 4. The Balaban J connectivity index is 0.000000210. The van der Waals surface area contributed by atoms with Crippen LogP contribution in [-0.4, -0.2) is 20.4 Å². The maximum Gasteiger partial charge on any atom is 0.122 e. The zero-order valence-electron chi connectivity index (χ0n) is 34.7. The lowest BCUT2D eigenvalue weighted by atomic mass is 9.81. The van der Waals surface area contributed by atoms with E-state index in [-0.39, 0.29) is 10.8 Å². The first-order valence-corrected chi connectivity index (χ1v) is 21.2. The first-order chi connectivity index (χ1) is 25.3. The van der Waals surface area contributed by atoms with Crippen molar-refractivity contribution in [1.29, 1.82) is 0 Å². The quantitative estimate of drug-likeness (QED) is 0.158. The van der Waals surface area contributed by atoms with Crippen molar-refractivity contribution in [3.05, 3.63) is 104 Å². The number of aromatic hydroxyl groups is 4. The molecular formula is C49H66O4S. The highest BCUT2D eigenvalue weighted by Gasteiger charge is 2.25. The molecule has 0 atom stereocenters. The van der Waals surface area contributed by atoms with E-state index in [0.717, 1.165) is 54.3 Å². The monoisotopic (exact) mass is 750 g/mol. The number of phenols is 4. The molecule has 4 N–H and O–H groups in total. The highest BCUT2D eigenvalue weighted by Crippen LogP contribution is 2.44. The maximum absolute atomic E-state index is 11.1. The molecule has 0 radical (unpaired) electrons. The van der Waals surface area contributed by atoms with Crippen molar-refractivity contribution in [2.45, 2.75) is 172 Å². The summed E-state index contributed by atoms with van der Waals surface area (Å²) < 4.78 is 0. The van der Waals surface area contributed by atoms with Crippen molar-refractivity contribution in [3.63, 3.8) is 0 Å². The third-order valence-electron chi connectivity index (χ3n) is 11.6. The van der Waals surface area contributed by atoms with Gasteiger partial charge in [-0.15, -0.1) is 0 Å². The molecule has 4 nitrogen and oxygen atoms in total. The van der Waals surface area contributed by atoms with E-state index in [9.17, 15) is 20.4 Å². The van der Waals surface area contributed by atoms with Crippen LogP contribution in [0, 0.1) is 27.7 Å². The average molecular weight is 751 g/mol. The fourth-order valence-electron chi connectivity index (χ4n) is 8.58. The summed E-state index contributed by atoms with van der Waals surface area (Å²) in [5.41, 5.74) is 10.4. The Morgan fingerprint density at radius 1 is 0.500 bits per heavy atom. The Hall–Kier alpha value is -3.57. The molecule has 2 fully saturated rings. The van der Waals surface area contributed by atoms with Gasteiger partial charge in [0.25, 0.3) is 0 Å². The van der Waals surface area contributed by atoms with Gasteiger partial charge in [-0.1, -0.05) is 127 Å². The van der Waals surface area contributed by atoms with Gasteiger partial charge in [0.15, 0.2) is 0 Å². The van der Waals surface area contributed by atoms with Crippen molar-refractivity contribution >= 4 is 11.8 Å². The summed E-state index contributed by atoms with van der Waals surface area (Å²) in [5, 5.41) is 42.9. The van der Waals surface area contributed by atoms with E-state index in [4.69, 9.17) is 0 Å². The van der Waals surface area contributed by atoms with E-state index < -0.39 is 0 Å². The van der Waals surface area contributed by atoms with Crippen molar-refractivity contribution in [3.8, 4) is 23.0 Å². The molecule has 0 aliphatic heterocycles. The minimum absolute atomic E-state index is 0.117. The van der Waals surface area contributed by atoms with Gasteiger partial charge >= 0.3 is 0 Å².